The summed E-state index contributed by atoms with van der Waals surface area (Å²) in [4.78, 5) is 13.3. The van der Waals surface area contributed by atoms with Crippen LogP contribution < -0.4 is 10.2 Å². The fraction of sp³-hybridized carbons (Fsp3) is 0.273. The van der Waals surface area contributed by atoms with Crippen LogP contribution in [-0.4, -0.2) is 16.6 Å². The van der Waals surface area contributed by atoms with Crippen LogP contribution in [0.2, 0.25) is 5.02 Å². The van der Waals surface area contributed by atoms with Crippen LogP contribution in [0.1, 0.15) is 13.8 Å². The van der Waals surface area contributed by atoms with Crippen LogP contribution >= 0.6 is 39.7 Å². The lowest BCUT2D eigenvalue weighted by molar-refractivity contribution is -0.121. The smallest absolute Gasteiger partial charge is 0.258 e. The molecular weight excluding hydrogens is 343 g/mol. The van der Waals surface area contributed by atoms with Crippen LogP contribution in [0.15, 0.2) is 16.6 Å². The summed E-state index contributed by atoms with van der Waals surface area (Å²) in [5, 5.41) is 3.10. The number of rotatable bonds is 1. The molecular formula is C11H9BrClFN2OS. The molecule has 3 nitrogen and oxygen atoms in total. The number of nitrogens with zero attached hydrogens (tertiary/aromatic N) is 1. The molecule has 0 atom stereocenters. The van der Waals surface area contributed by atoms with Crippen LogP contribution in [-0.2, 0) is 4.79 Å². The first-order valence-corrected chi connectivity index (χ1v) is 6.63. The van der Waals surface area contributed by atoms with Crippen LogP contribution in [0, 0.1) is 5.82 Å². The Balaban J connectivity index is 2.57. The Hall–Kier alpha value is -0.720. The molecule has 0 saturated carbocycles. The number of hydrogen-bond donors (Lipinski definition) is 1. The number of benzene rings is 1. The molecule has 0 aliphatic carbocycles. The molecule has 1 N–H and O–H groups in total. The number of halogens is 3. The topological polar surface area (TPSA) is 32.3 Å². The molecule has 1 aliphatic rings. The number of nitrogens with one attached hydrogen (secondary N) is 1. The van der Waals surface area contributed by atoms with E-state index in [1.165, 1.54) is 12.1 Å². The van der Waals surface area contributed by atoms with Gasteiger partial charge in [-0.25, -0.2) is 4.39 Å². The second-order valence-electron chi connectivity index (χ2n) is 4.41. The van der Waals surface area contributed by atoms with Gasteiger partial charge in [-0.1, -0.05) is 27.5 Å². The molecule has 1 aromatic rings. The fourth-order valence-corrected chi connectivity index (χ4v) is 2.98. The Morgan fingerprint density at radius 1 is 1.50 bits per heavy atom. The van der Waals surface area contributed by atoms with Gasteiger partial charge in [0.15, 0.2) is 5.11 Å². The molecule has 0 bridgehead atoms. The lowest BCUT2D eigenvalue weighted by Gasteiger charge is -2.19. The van der Waals surface area contributed by atoms with E-state index in [9.17, 15) is 9.18 Å². The minimum Gasteiger partial charge on any atom is -0.348 e. The number of carbonyl (C=O) groups is 1. The maximum Gasteiger partial charge on any atom is 0.258 e. The van der Waals surface area contributed by atoms with E-state index in [2.05, 4.69) is 21.2 Å². The minimum absolute atomic E-state index is 0.0204. The van der Waals surface area contributed by atoms with Crippen molar-refractivity contribution in [3.05, 3.63) is 27.4 Å². The summed E-state index contributed by atoms with van der Waals surface area (Å²) in [7, 11) is 0. The standard InChI is InChI=1S/C11H9BrClFN2OS/c1-11(2)9(17)16(10(18)15-11)8-6(13)3-5(12)4-7(8)14/h3-4H,1-2H3,(H,15,18). The predicted molar refractivity (Wildman–Crippen MR) is 76.4 cm³/mol. The van der Waals surface area contributed by atoms with Crippen molar-refractivity contribution in [3.8, 4) is 0 Å². The number of anilines is 1. The number of thiocarbonyl (C=S) groups is 1. The SMILES string of the molecule is CC1(C)NC(=S)N(c2c(F)cc(Br)cc2Cl)C1=O. The van der Waals surface area contributed by atoms with E-state index in [1.807, 2.05) is 0 Å². The first-order valence-electron chi connectivity index (χ1n) is 5.05. The highest BCUT2D eigenvalue weighted by atomic mass is 79.9. The van der Waals surface area contributed by atoms with Crippen LogP contribution in [0.3, 0.4) is 0 Å². The highest BCUT2D eigenvalue weighted by molar-refractivity contribution is 9.10. The molecule has 1 aliphatic heterocycles. The first-order chi connectivity index (χ1) is 8.24. The minimum atomic E-state index is -0.861. The van der Waals surface area contributed by atoms with Gasteiger partial charge in [-0.15, -0.1) is 0 Å². The largest absolute Gasteiger partial charge is 0.348 e. The number of carbonyl (C=O) groups excluding carboxylic acids is 1. The average molecular weight is 352 g/mol. The highest BCUT2D eigenvalue weighted by Gasteiger charge is 2.44. The molecule has 0 aromatic heterocycles. The van der Waals surface area contributed by atoms with Crippen molar-refractivity contribution in [2.24, 2.45) is 0 Å². The van der Waals surface area contributed by atoms with Crippen LogP contribution in [0.4, 0.5) is 10.1 Å². The van der Waals surface area contributed by atoms with Gasteiger partial charge in [0.1, 0.15) is 17.0 Å². The van der Waals surface area contributed by atoms with Gasteiger partial charge in [0, 0.05) is 4.47 Å². The molecule has 0 radical (unpaired) electrons. The van der Waals surface area contributed by atoms with Crippen molar-refractivity contribution in [2.45, 2.75) is 19.4 Å². The van der Waals surface area contributed by atoms with Gasteiger partial charge >= 0.3 is 0 Å². The van der Waals surface area contributed by atoms with Crippen LogP contribution in [0.25, 0.3) is 0 Å². The Morgan fingerprint density at radius 2 is 2.11 bits per heavy atom. The zero-order valence-corrected chi connectivity index (χ0v) is 12.7. The molecule has 1 fully saturated rings. The Labute approximate surface area is 122 Å². The Bertz CT molecular complexity index is 541. The fourth-order valence-electron chi connectivity index (χ4n) is 1.70. The quantitative estimate of drug-likeness (QED) is 0.788. The normalized spacial score (nSPS) is 18.2. The van der Waals surface area contributed by atoms with Gasteiger partial charge in [-0.2, -0.15) is 0 Å². The number of hydrogen-bond acceptors (Lipinski definition) is 2. The van der Waals surface area contributed by atoms with Crippen molar-refractivity contribution in [2.75, 3.05) is 4.90 Å². The van der Waals surface area contributed by atoms with Gasteiger partial charge < -0.3 is 5.32 Å². The summed E-state index contributed by atoms with van der Waals surface area (Å²) in [5.74, 6) is -0.944. The lowest BCUT2D eigenvalue weighted by atomic mass is 10.1. The van der Waals surface area contributed by atoms with Gasteiger partial charge in [0.2, 0.25) is 0 Å². The van der Waals surface area contributed by atoms with Crippen LogP contribution in [0.5, 0.6) is 0 Å². The molecule has 0 unspecified atom stereocenters. The van der Waals surface area contributed by atoms with Crippen molar-refractivity contribution in [3.63, 3.8) is 0 Å². The summed E-state index contributed by atoms with van der Waals surface area (Å²) in [6.45, 7) is 3.35. The summed E-state index contributed by atoms with van der Waals surface area (Å²) in [5.41, 5.74) is -0.882. The second kappa shape index (κ2) is 4.43. The third-order valence-corrected chi connectivity index (χ3v) is 3.60. The zero-order valence-electron chi connectivity index (χ0n) is 9.55. The second-order valence-corrected chi connectivity index (χ2v) is 6.12. The van der Waals surface area contributed by atoms with E-state index < -0.39 is 11.4 Å². The maximum atomic E-state index is 14.0. The molecule has 1 amide bonds. The van der Waals surface area contributed by atoms with Gasteiger partial charge in [-0.3, -0.25) is 9.69 Å². The van der Waals surface area contributed by atoms with E-state index in [4.69, 9.17) is 23.8 Å². The maximum absolute atomic E-state index is 14.0. The zero-order chi connectivity index (χ0) is 13.7. The Kier molecular flexibility index (Phi) is 3.38. The van der Waals surface area contributed by atoms with E-state index >= 15 is 0 Å². The summed E-state index contributed by atoms with van der Waals surface area (Å²) < 4.78 is 14.5. The molecule has 0 spiro atoms. The monoisotopic (exact) mass is 350 g/mol. The molecule has 2 rings (SSSR count). The molecule has 7 heteroatoms. The third kappa shape index (κ3) is 2.13. The van der Waals surface area contributed by atoms with Gasteiger partial charge in [0.05, 0.1) is 5.02 Å². The summed E-state index contributed by atoms with van der Waals surface area (Å²) in [6.07, 6.45) is 0. The van der Waals surface area contributed by atoms with E-state index in [-0.39, 0.29) is 21.7 Å². The van der Waals surface area contributed by atoms with E-state index in [0.717, 1.165) is 4.90 Å². The van der Waals surface area contributed by atoms with Crippen molar-refractivity contribution in [1.82, 2.24) is 5.32 Å². The van der Waals surface area contributed by atoms with E-state index in [1.54, 1.807) is 13.8 Å². The highest BCUT2D eigenvalue weighted by Crippen LogP contribution is 2.35. The van der Waals surface area contributed by atoms with Crippen molar-refractivity contribution in [1.29, 1.82) is 0 Å². The molecule has 1 heterocycles. The third-order valence-electron chi connectivity index (χ3n) is 2.57. The summed E-state index contributed by atoms with van der Waals surface area (Å²) in [6, 6.07) is 2.75. The van der Waals surface area contributed by atoms with Crippen molar-refractivity contribution < 1.29 is 9.18 Å². The predicted octanol–water partition coefficient (Wildman–Crippen LogP) is 3.24. The molecule has 96 valence electrons. The lowest BCUT2D eigenvalue weighted by Crippen LogP contribution is -2.40. The molecule has 1 saturated heterocycles. The molecule has 18 heavy (non-hydrogen) atoms. The summed E-state index contributed by atoms with van der Waals surface area (Å²) >= 11 is 14.2. The van der Waals surface area contributed by atoms with Gasteiger partial charge in [0.25, 0.3) is 5.91 Å². The molecule has 1 aromatic carbocycles. The van der Waals surface area contributed by atoms with Gasteiger partial charge in [-0.05, 0) is 38.2 Å². The van der Waals surface area contributed by atoms with E-state index in [0.29, 0.717) is 4.47 Å². The first kappa shape index (κ1) is 13.7. The number of amides is 1. The van der Waals surface area contributed by atoms with Crippen molar-refractivity contribution >= 4 is 56.5 Å². The Morgan fingerprint density at radius 3 is 2.56 bits per heavy atom. The average Bonchev–Trinajstić information content (AvgIpc) is 2.38.